The molecule has 1 aromatic carbocycles. The fourth-order valence-electron chi connectivity index (χ4n) is 3.97. The molecular weight excluding hydrogens is 366 g/mol. The Kier molecular flexibility index (Phi) is 8.98. The van der Waals surface area contributed by atoms with Crippen molar-refractivity contribution in [3.05, 3.63) is 51.8 Å². The summed E-state index contributed by atoms with van der Waals surface area (Å²) >= 11 is 6.17. The molecule has 0 aliphatic heterocycles. The molecule has 154 valence electrons. The molecule has 1 heterocycles. The largest absolute Gasteiger partial charge is 0.396 e. The molecule has 3 heteroatoms. The molecule has 1 N–H and O–H groups in total. The first-order chi connectivity index (χ1) is 13.4. The van der Waals surface area contributed by atoms with Crippen molar-refractivity contribution in [2.75, 3.05) is 6.61 Å². The van der Waals surface area contributed by atoms with Crippen molar-refractivity contribution in [3.63, 3.8) is 0 Å². The molecule has 2 nitrogen and oxygen atoms in total. The summed E-state index contributed by atoms with van der Waals surface area (Å²) in [6.45, 7) is 11.2. The van der Waals surface area contributed by atoms with E-state index in [1.165, 1.54) is 53.6 Å². The van der Waals surface area contributed by atoms with E-state index >= 15 is 0 Å². The molecule has 0 spiro atoms. The van der Waals surface area contributed by atoms with Crippen molar-refractivity contribution < 1.29 is 5.11 Å². The molecule has 0 aliphatic rings. The van der Waals surface area contributed by atoms with Gasteiger partial charge >= 0.3 is 0 Å². The average Bonchev–Trinajstić information content (AvgIpc) is 2.66. The Balaban J connectivity index is 2.72. The maximum absolute atomic E-state index is 9.81. The van der Waals surface area contributed by atoms with Crippen molar-refractivity contribution in [1.29, 1.82) is 0 Å². The van der Waals surface area contributed by atoms with Crippen LogP contribution in [0.1, 0.15) is 94.7 Å². The molecule has 0 amide bonds. The van der Waals surface area contributed by atoms with E-state index in [0.29, 0.717) is 18.3 Å². The Bertz CT molecular complexity index is 750. The average molecular weight is 402 g/mol. The topological polar surface area (TPSA) is 33.1 Å². The maximum atomic E-state index is 9.81. The quantitative estimate of drug-likeness (QED) is 0.423. The van der Waals surface area contributed by atoms with Crippen LogP contribution in [0.25, 0.3) is 11.1 Å². The fraction of sp³-hybridized carbons (Fsp3) is 0.560. The predicted molar refractivity (Wildman–Crippen MR) is 121 cm³/mol. The molecule has 0 bridgehead atoms. The lowest BCUT2D eigenvalue weighted by Crippen LogP contribution is -2.13. The monoisotopic (exact) mass is 401 g/mol. The number of aliphatic hydroxyl groups is 1. The zero-order valence-corrected chi connectivity index (χ0v) is 18.9. The number of hydrogen-bond donors (Lipinski definition) is 1. The normalized spacial score (nSPS) is 11.6. The van der Waals surface area contributed by atoms with Crippen LogP contribution in [0.4, 0.5) is 0 Å². The van der Waals surface area contributed by atoms with Crippen LogP contribution in [0, 0.1) is 0 Å². The number of aliphatic hydroxyl groups excluding tert-OH is 1. The highest BCUT2D eigenvalue weighted by Gasteiger charge is 2.23. The van der Waals surface area contributed by atoms with Gasteiger partial charge in [0.1, 0.15) is 0 Å². The van der Waals surface area contributed by atoms with Crippen LogP contribution in [0.15, 0.2) is 24.3 Å². The molecular formula is C25H36ClNO. The lowest BCUT2D eigenvalue weighted by molar-refractivity contribution is 0.299. The number of aromatic nitrogens is 1. The summed E-state index contributed by atoms with van der Waals surface area (Å²) in [5.41, 5.74) is 7.37. The van der Waals surface area contributed by atoms with E-state index in [2.05, 4.69) is 46.8 Å². The molecule has 28 heavy (non-hydrogen) atoms. The number of benzene rings is 1. The van der Waals surface area contributed by atoms with Crippen molar-refractivity contribution in [2.24, 2.45) is 0 Å². The third-order valence-electron chi connectivity index (χ3n) is 5.33. The van der Waals surface area contributed by atoms with Gasteiger partial charge in [0.05, 0.1) is 0 Å². The van der Waals surface area contributed by atoms with Crippen molar-refractivity contribution in [1.82, 2.24) is 4.98 Å². The summed E-state index contributed by atoms with van der Waals surface area (Å²) in [4.78, 5) is 5.16. The summed E-state index contributed by atoms with van der Waals surface area (Å²) < 4.78 is 0. The minimum absolute atomic E-state index is 0.137. The van der Waals surface area contributed by atoms with E-state index < -0.39 is 0 Å². The SMILES string of the molecule is CCCCCCc1c(C(C)C)nc(C(C)C)c(CCO)c1-c1ccc(Cl)cc1. The molecule has 0 radical (unpaired) electrons. The van der Waals surface area contributed by atoms with E-state index in [0.717, 1.165) is 17.1 Å². The van der Waals surface area contributed by atoms with Gasteiger partial charge in [0.15, 0.2) is 0 Å². The third kappa shape index (κ3) is 5.58. The number of unbranched alkanes of at least 4 members (excludes halogenated alkanes) is 3. The van der Waals surface area contributed by atoms with Crippen LogP contribution in [0.3, 0.4) is 0 Å². The molecule has 2 aromatic rings. The Morgan fingerprint density at radius 2 is 1.43 bits per heavy atom. The van der Waals surface area contributed by atoms with Gasteiger partial charge in [-0.05, 0) is 65.5 Å². The van der Waals surface area contributed by atoms with E-state index in [1.54, 1.807) is 0 Å². The van der Waals surface area contributed by atoms with Gasteiger partial charge in [-0.15, -0.1) is 0 Å². The third-order valence-corrected chi connectivity index (χ3v) is 5.58. The minimum atomic E-state index is 0.137. The van der Waals surface area contributed by atoms with Gasteiger partial charge in [0.2, 0.25) is 0 Å². The maximum Gasteiger partial charge on any atom is 0.0472 e. The van der Waals surface area contributed by atoms with Crippen molar-refractivity contribution >= 4 is 11.6 Å². The lowest BCUT2D eigenvalue weighted by atomic mass is 9.84. The predicted octanol–water partition coefficient (Wildman–Crippen LogP) is 7.31. The zero-order valence-electron chi connectivity index (χ0n) is 18.2. The first kappa shape index (κ1) is 22.9. The van der Waals surface area contributed by atoms with Crippen LogP contribution >= 0.6 is 11.6 Å². The second kappa shape index (κ2) is 11.0. The van der Waals surface area contributed by atoms with Gasteiger partial charge < -0.3 is 5.11 Å². The molecule has 1 aromatic heterocycles. The van der Waals surface area contributed by atoms with Crippen molar-refractivity contribution in [3.8, 4) is 11.1 Å². The Hall–Kier alpha value is -1.38. The molecule has 2 rings (SSSR count). The summed E-state index contributed by atoms with van der Waals surface area (Å²) in [5, 5.41) is 10.6. The van der Waals surface area contributed by atoms with Crippen LogP contribution in [0.2, 0.25) is 5.02 Å². The van der Waals surface area contributed by atoms with Crippen LogP contribution in [-0.4, -0.2) is 16.7 Å². The fourth-order valence-corrected chi connectivity index (χ4v) is 4.10. The molecule has 0 unspecified atom stereocenters. The van der Waals surface area contributed by atoms with Gasteiger partial charge in [-0.3, -0.25) is 4.98 Å². The first-order valence-electron chi connectivity index (χ1n) is 10.8. The highest BCUT2D eigenvalue weighted by Crippen LogP contribution is 2.38. The molecule has 0 atom stereocenters. The van der Waals surface area contributed by atoms with E-state index in [-0.39, 0.29) is 6.61 Å². The summed E-state index contributed by atoms with van der Waals surface area (Å²) in [5.74, 6) is 0.687. The first-order valence-corrected chi connectivity index (χ1v) is 11.2. The van der Waals surface area contributed by atoms with Gasteiger partial charge in [-0.2, -0.15) is 0 Å². The lowest BCUT2D eigenvalue weighted by Gasteiger charge is -2.25. The van der Waals surface area contributed by atoms with Crippen molar-refractivity contribution in [2.45, 2.75) is 85.0 Å². The van der Waals surface area contributed by atoms with E-state index in [4.69, 9.17) is 16.6 Å². The highest BCUT2D eigenvalue weighted by molar-refractivity contribution is 6.30. The Labute approximate surface area is 176 Å². The number of halogens is 1. The Morgan fingerprint density at radius 1 is 0.857 bits per heavy atom. The van der Waals surface area contributed by atoms with Gasteiger partial charge in [-0.25, -0.2) is 0 Å². The molecule has 0 saturated heterocycles. The summed E-state index contributed by atoms with van der Waals surface area (Å²) in [6.07, 6.45) is 6.61. The van der Waals surface area contributed by atoms with Crippen LogP contribution in [-0.2, 0) is 12.8 Å². The summed E-state index contributed by atoms with van der Waals surface area (Å²) in [7, 11) is 0. The van der Waals surface area contributed by atoms with Crippen LogP contribution in [0.5, 0.6) is 0 Å². The second-order valence-corrected chi connectivity index (χ2v) is 8.75. The zero-order chi connectivity index (χ0) is 20.7. The number of rotatable bonds is 10. The molecule has 0 aliphatic carbocycles. The van der Waals surface area contributed by atoms with E-state index in [9.17, 15) is 5.11 Å². The number of pyridine rings is 1. The van der Waals surface area contributed by atoms with Gasteiger partial charge in [0.25, 0.3) is 0 Å². The van der Waals surface area contributed by atoms with Gasteiger partial charge in [-0.1, -0.05) is 77.6 Å². The van der Waals surface area contributed by atoms with E-state index in [1.807, 2.05) is 12.1 Å². The highest BCUT2D eigenvalue weighted by atomic mass is 35.5. The minimum Gasteiger partial charge on any atom is -0.396 e. The van der Waals surface area contributed by atoms with Crippen LogP contribution < -0.4 is 0 Å². The second-order valence-electron chi connectivity index (χ2n) is 8.31. The summed E-state index contributed by atoms with van der Waals surface area (Å²) in [6, 6.07) is 8.15. The number of nitrogens with zero attached hydrogens (tertiary/aromatic N) is 1. The standard InChI is InChI=1S/C25H36ClNO/c1-6-7-8-9-10-21-23(19-11-13-20(26)14-12-19)22(15-16-28)25(18(4)5)27-24(21)17(2)3/h11-14,17-18,28H,6-10,15-16H2,1-5H3. The smallest absolute Gasteiger partial charge is 0.0472 e. The van der Waals surface area contributed by atoms with Gasteiger partial charge in [0, 0.05) is 23.0 Å². The molecule has 0 saturated carbocycles. The molecule has 0 fully saturated rings. The number of hydrogen-bond acceptors (Lipinski definition) is 2. The Morgan fingerprint density at radius 3 is 1.93 bits per heavy atom.